The highest BCUT2D eigenvalue weighted by atomic mass is 32.2. The number of hydrogen-bond acceptors (Lipinski definition) is 6. The van der Waals surface area contributed by atoms with E-state index in [1.807, 2.05) is 24.3 Å². The van der Waals surface area contributed by atoms with Gasteiger partial charge in [0, 0.05) is 17.7 Å². The molecule has 0 aromatic heterocycles. The van der Waals surface area contributed by atoms with Crippen LogP contribution < -0.4 is 19.5 Å². The summed E-state index contributed by atoms with van der Waals surface area (Å²) in [7, 11) is -0.727. The van der Waals surface area contributed by atoms with Crippen LogP contribution >= 0.6 is 0 Å². The van der Waals surface area contributed by atoms with E-state index in [0.29, 0.717) is 23.5 Å². The second-order valence-corrected chi connectivity index (χ2v) is 10.2. The van der Waals surface area contributed by atoms with Crippen molar-refractivity contribution in [2.75, 3.05) is 38.6 Å². The normalized spacial score (nSPS) is 14.7. The molecule has 0 saturated carbocycles. The molecule has 1 heterocycles. The van der Waals surface area contributed by atoms with Crippen LogP contribution in [0.3, 0.4) is 0 Å². The van der Waals surface area contributed by atoms with Gasteiger partial charge in [-0.3, -0.25) is 14.4 Å². The Hall–Kier alpha value is -3.56. The van der Waals surface area contributed by atoms with Crippen molar-refractivity contribution < 1.29 is 22.7 Å². The van der Waals surface area contributed by atoms with E-state index in [2.05, 4.69) is 14.9 Å². The molecule has 2 N–H and O–H groups in total. The highest BCUT2D eigenvalue weighted by Crippen LogP contribution is 2.31. The fourth-order valence-electron chi connectivity index (χ4n) is 4.44. The van der Waals surface area contributed by atoms with Gasteiger partial charge in [-0.15, -0.1) is 0 Å². The zero-order chi connectivity index (χ0) is 25.5. The summed E-state index contributed by atoms with van der Waals surface area (Å²) in [5.41, 5.74) is 1.75. The number of para-hydroxylation sites is 3. The van der Waals surface area contributed by atoms with E-state index < -0.39 is 10.0 Å². The molecule has 0 aliphatic carbocycles. The topological polar surface area (TPSA) is 97.0 Å². The highest BCUT2D eigenvalue weighted by Gasteiger charge is 2.26. The van der Waals surface area contributed by atoms with Crippen molar-refractivity contribution in [2.45, 2.75) is 23.8 Å². The Bertz CT molecular complexity index is 1290. The molecule has 8 nitrogen and oxygen atoms in total. The second-order valence-electron chi connectivity index (χ2n) is 8.54. The Kier molecular flexibility index (Phi) is 8.12. The fourth-order valence-corrected chi connectivity index (χ4v) is 5.51. The summed E-state index contributed by atoms with van der Waals surface area (Å²) in [5.74, 6) is 0.941. The van der Waals surface area contributed by atoms with Crippen LogP contribution in [0, 0.1) is 0 Å². The van der Waals surface area contributed by atoms with Crippen LogP contribution in [0.1, 0.15) is 34.8 Å². The SMILES string of the molecule is COc1ccccc1NS(=O)(=O)c1ccc(C(=O)NC[C@H](c2ccccc2OC)N2CCCC2)cc1. The van der Waals surface area contributed by atoms with Crippen molar-refractivity contribution in [3.63, 3.8) is 0 Å². The molecule has 0 radical (unpaired) electrons. The minimum absolute atomic E-state index is 0.0164. The largest absolute Gasteiger partial charge is 0.496 e. The molecule has 0 bridgehead atoms. The quantitative estimate of drug-likeness (QED) is 0.428. The Morgan fingerprint density at radius 3 is 2.17 bits per heavy atom. The average molecular weight is 510 g/mol. The molecule has 0 spiro atoms. The van der Waals surface area contributed by atoms with Gasteiger partial charge in [0.1, 0.15) is 11.5 Å². The lowest BCUT2D eigenvalue weighted by Crippen LogP contribution is -2.37. The predicted octanol–water partition coefficient (Wildman–Crippen LogP) is 4.07. The first-order valence-corrected chi connectivity index (χ1v) is 13.3. The molecule has 1 atom stereocenters. The number of nitrogens with zero attached hydrogens (tertiary/aromatic N) is 1. The van der Waals surface area contributed by atoms with Crippen molar-refractivity contribution in [3.05, 3.63) is 83.9 Å². The molecule has 1 amide bonds. The Morgan fingerprint density at radius 1 is 0.889 bits per heavy atom. The maximum atomic E-state index is 12.9. The number of ether oxygens (including phenoxy) is 2. The molecule has 1 aliphatic heterocycles. The predicted molar refractivity (Wildman–Crippen MR) is 139 cm³/mol. The van der Waals surface area contributed by atoms with Gasteiger partial charge in [0.15, 0.2) is 0 Å². The molecule has 4 rings (SSSR count). The number of nitrogens with one attached hydrogen (secondary N) is 2. The van der Waals surface area contributed by atoms with Crippen LogP contribution in [0.4, 0.5) is 5.69 Å². The van der Waals surface area contributed by atoms with Crippen LogP contribution in [0.25, 0.3) is 0 Å². The van der Waals surface area contributed by atoms with E-state index in [1.165, 1.54) is 31.4 Å². The van der Waals surface area contributed by atoms with Crippen LogP contribution in [-0.2, 0) is 10.0 Å². The summed E-state index contributed by atoms with van der Waals surface area (Å²) in [6.07, 6.45) is 2.25. The number of likely N-dealkylation sites (tertiary alicyclic amines) is 1. The summed E-state index contributed by atoms with van der Waals surface area (Å²) in [5, 5.41) is 3.02. The lowest BCUT2D eigenvalue weighted by Gasteiger charge is -2.29. The minimum Gasteiger partial charge on any atom is -0.496 e. The van der Waals surface area contributed by atoms with Crippen molar-refractivity contribution in [1.82, 2.24) is 10.2 Å². The molecule has 0 unspecified atom stereocenters. The van der Waals surface area contributed by atoms with Gasteiger partial charge < -0.3 is 14.8 Å². The van der Waals surface area contributed by atoms with Crippen molar-refractivity contribution in [3.8, 4) is 11.5 Å². The van der Waals surface area contributed by atoms with Crippen molar-refractivity contribution >= 4 is 21.6 Å². The first-order chi connectivity index (χ1) is 17.4. The van der Waals surface area contributed by atoms with Gasteiger partial charge in [0.2, 0.25) is 0 Å². The van der Waals surface area contributed by atoms with E-state index >= 15 is 0 Å². The summed E-state index contributed by atoms with van der Waals surface area (Å²) in [4.78, 5) is 15.4. The number of sulfonamides is 1. The number of carbonyl (C=O) groups is 1. The average Bonchev–Trinajstić information content (AvgIpc) is 3.44. The molecular weight excluding hydrogens is 478 g/mol. The second kappa shape index (κ2) is 11.5. The van der Waals surface area contributed by atoms with Gasteiger partial charge in [-0.1, -0.05) is 30.3 Å². The third kappa shape index (κ3) is 5.80. The van der Waals surface area contributed by atoms with Crippen LogP contribution in [-0.4, -0.2) is 53.1 Å². The summed E-state index contributed by atoms with van der Waals surface area (Å²) < 4.78 is 39.0. The lowest BCUT2D eigenvalue weighted by molar-refractivity contribution is 0.0937. The first-order valence-electron chi connectivity index (χ1n) is 11.8. The molecule has 9 heteroatoms. The molecule has 1 saturated heterocycles. The van der Waals surface area contributed by atoms with E-state index in [9.17, 15) is 13.2 Å². The molecular formula is C27H31N3O5S. The van der Waals surface area contributed by atoms with Crippen LogP contribution in [0.15, 0.2) is 77.7 Å². The summed E-state index contributed by atoms with van der Waals surface area (Å²) in [6, 6.07) is 20.5. The number of anilines is 1. The van der Waals surface area contributed by atoms with E-state index in [-0.39, 0.29) is 16.8 Å². The fraction of sp³-hybridized carbons (Fsp3) is 0.296. The molecule has 3 aromatic rings. The first kappa shape index (κ1) is 25.5. The smallest absolute Gasteiger partial charge is 0.262 e. The molecule has 1 fully saturated rings. The van der Waals surface area contributed by atoms with Gasteiger partial charge in [0.05, 0.1) is 30.8 Å². The molecule has 1 aliphatic rings. The van der Waals surface area contributed by atoms with Crippen LogP contribution in [0.2, 0.25) is 0 Å². The number of benzene rings is 3. The Balaban J connectivity index is 1.46. The van der Waals surface area contributed by atoms with Gasteiger partial charge in [-0.05, 0) is 68.4 Å². The van der Waals surface area contributed by atoms with Crippen molar-refractivity contribution in [2.24, 2.45) is 0 Å². The third-order valence-electron chi connectivity index (χ3n) is 6.31. The zero-order valence-electron chi connectivity index (χ0n) is 20.4. The highest BCUT2D eigenvalue weighted by molar-refractivity contribution is 7.92. The molecule has 190 valence electrons. The zero-order valence-corrected chi connectivity index (χ0v) is 21.3. The lowest BCUT2D eigenvalue weighted by atomic mass is 10.0. The number of amides is 1. The minimum atomic E-state index is -3.85. The number of rotatable bonds is 10. The molecule has 36 heavy (non-hydrogen) atoms. The Labute approximate surface area is 212 Å². The van der Waals surface area contributed by atoms with Crippen LogP contribution in [0.5, 0.6) is 11.5 Å². The maximum absolute atomic E-state index is 12.9. The Morgan fingerprint density at radius 2 is 1.50 bits per heavy atom. The van der Waals surface area contributed by atoms with E-state index in [0.717, 1.165) is 37.2 Å². The number of methoxy groups -OCH3 is 2. The number of carbonyl (C=O) groups excluding carboxylic acids is 1. The van der Waals surface area contributed by atoms with Gasteiger partial charge >= 0.3 is 0 Å². The van der Waals surface area contributed by atoms with Gasteiger partial charge in [-0.25, -0.2) is 8.42 Å². The standard InChI is InChI=1S/C27H31N3O5S/c1-34-25-11-5-3-9-22(25)24(30-17-7-8-18-30)19-28-27(31)20-13-15-21(16-14-20)36(32,33)29-23-10-4-6-12-26(23)35-2/h3-6,9-16,24,29H,7-8,17-19H2,1-2H3,(H,28,31)/t24-/m1/s1. The van der Waals surface area contributed by atoms with Crippen molar-refractivity contribution in [1.29, 1.82) is 0 Å². The van der Waals surface area contributed by atoms with Gasteiger partial charge in [-0.2, -0.15) is 0 Å². The third-order valence-corrected chi connectivity index (χ3v) is 7.69. The monoisotopic (exact) mass is 509 g/mol. The summed E-state index contributed by atoms with van der Waals surface area (Å²) >= 11 is 0. The summed E-state index contributed by atoms with van der Waals surface area (Å²) in [6.45, 7) is 2.34. The van der Waals surface area contributed by atoms with Gasteiger partial charge in [0.25, 0.3) is 15.9 Å². The number of hydrogen-bond donors (Lipinski definition) is 2. The maximum Gasteiger partial charge on any atom is 0.262 e. The van der Waals surface area contributed by atoms with E-state index in [1.54, 1.807) is 31.4 Å². The molecule has 3 aromatic carbocycles. The van der Waals surface area contributed by atoms with E-state index in [4.69, 9.17) is 9.47 Å².